The Morgan fingerprint density at radius 3 is 2.58 bits per heavy atom. The molecule has 0 saturated carbocycles. The molecule has 4 heteroatoms. The van der Waals surface area contributed by atoms with Gasteiger partial charge in [0.1, 0.15) is 5.54 Å². The van der Waals surface area contributed by atoms with Crippen LogP contribution in [0.15, 0.2) is 18.2 Å². The van der Waals surface area contributed by atoms with E-state index in [9.17, 15) is 4.79 Å². The normalized spacial score (nSPS) is 20.9. The lowest BCUT2D eigenvalue weighted by molar-refractivity contribution is -0.121. The second kappa shape index (κ2) is 4.53. The fraction of sp³-hybridized carbons (Fsp3) is 0.533. The van der Waals surface area contributed by atoms with Crippen molar-refractivity contribution < 1.29 is 4.79 Å². The summed E-state index contributed by atoms with van der Waals surface area (Å²) < 4.78 is 0. The van der Waals surface area contributed by atoms with Gasteiger partial charge in [-0.2, -0.15) is 0 Å². The van der Waals surface area contributed by atoms with Crippen LogP contribution in [0.5, 0.6) is 0 Å². The van der Waals surface area contributed by atoms with E-state index in [0.717, 1.165) is 37.3 Å². The van der Waals surface area contributed by atoms with Crippen LogP contribution < -0.4 is 16.0 Å². The second-order valence-electron chi connectivity index (χ2n) is 5.87. The summed E-state index contributed by atoms with van der Waals surface area (Å²) in [6, 6.07) is 6.26. The molecule has 4 nitrogen and oxygen atoms in total. The molecule has 2 aliphatic heterocycles. The smallest absolute Gasteiger partial charge is 0.250 e. The summed E-state index contributed by atoms with van der Waals surface area (Å²) in [6.45, 7) is 6.14. The molecule has 0 aromatic heterocycles. The van der Waals surface area contributed by atoms with Crippen molar-refractivity contribution in [2.45, 2.75) is 38.1 Å². The fourth-order valence-corrected chi connectivity index (χ4v) is 2.90. The van der Waals surface area contributed by atoms with Gasteiger partial charge in [-0.25, -0.2) is 0 Å². The molecule has 1 aromatic rings. The minimum absolute atomic E-state index is 0.110. The molecule has 19 heavy (non-hydrogen) atoms. The maximum Gasteiger partial charge on any atom is 0.250 e. The molecule has 1 fully saturated rings. The Kier molecular flexibility index (Phi) is 2.97. The summed E-state index contributed by atoms with van der Waals surface area (Å²) in [5, 5.41) is 9.87. The zero-order valence-electron chi connectivity index (χ0n) is 11.5. The molecule has 1 saturated heterocycles. The lowest BCUT2D eigenvalue weighted by Gasteiger charge is -2.41. The van der Waals surface area contributed by atoms with E-state index < -0.39 is 5.54 Å². The van der Waals surface area contributed by atoms with Crippen molar-refractivity contribution in [2.24, 2.45) is 0 Å². The molecule has 2 heterocycles. The van der Waals surface area contributed by atoms with Crippen molar-refractivity contribution in [1.82, 2.24) is 5.32 Å². The van der Waals surface area contributed by atoms with E-state index in [-0.39, 0.29) is 5.91 Å². The first-order valence-electron chi connectivity index (χ1n) is 7.05. The van der Waals surface area contributed by atoms with Crippen LogP contribution in [0, 0.1) is 0 Å². The van der Waals surface area contributed by atoms with Gasteiger partial charge in [-0.1, -0.05) is 19.9 Å². The van der Waals surface area contributed by atoms with Crippen molar-refractivity contribution in [2.75, 3.05) is 23.7 Å². The molecule has 0 unspecified atom stereocenters. The molecule has 3 N–H and O–H groups in total. The summed E-state index contributed by atoms with van der Waals surface area (Å²) >= 11 is 0. The number of piperidine rings is 1. The first-order chi connectivity index (χ1) is 9.11. The highest BCUT2D eigenvalue weighted by Gasteiger charge is 2.42. The summed E-state index contributed by atoms with van der Waals surface area (Å²) in [5.74, 6) is 0.604. The molecule has 0 aliphatic carbocycles. The molecule has 1 aromatic carbocycles. The van der Waals surface area contributed by atoms with E-state index in [1.54, 1.807) is 0 Å². The quantitative estimate of drug-likeness (QED) is 0.725. The Bertz CT molecular complexity index is 504. The zero-order chi connectivity index (χ0) is 13.5. The van der Waals surface area contributed by atoms with Gasteiger partial charge in [-0.05, 0) is 49.5 Å². The molecular weight excluding hydrogens is 238 g/mol. The van der Waals surface area contributed by atoms with Gasteiger partial charge in [-0.3, -0.25) is 4.79 Å². The number of nitrogens with one attached hydrogen (secondary N) is 3. The Balaban J connectivity index is 1.95. The van der Waals surface area contributed by atoms with Gasteiger partial charge in [-0.15, -0.1) is 0 Å². The number of hydrogen-bond acceptors (Lipinski definition) is 3. The number of carbonyl (C=O) groups excluding carboxylic acids is 1. The van der Waals surface area contributed by atoms with Gasteiger partial charge in [0.2, 0.25) is 5.91 Å². The monoisotopic (exact) mass is 259 g/mol. The maximum atomic E-state index is 12.4. The van der Waals surface area contributed by atoms with Crippen LogP contribution in [-0.4, -0.2) is 24.5 Å². The molecule has 1 amide bonds. The minimum atomic E-state index is -0.423. The molecule has 3 rings (SSSR count). The predicted molar refractivity (Wildman–Crippen MR) is 77.6 cm³/mol. The van der Waals surface area contributed by atoms with Crippen LogP contribution in [0.25, 0.3) is 0 Å². The third kappa shape index (κ3) is 2.10. The SMILES string of the molecule is CC(C)c1ccc2c(c1)NC1(CCNCC1)C(=O)N2. The Hall–Kier alpha value is -1.55. The summed E-state index contributed by atoms with van der Waals surface area (Å²) in [4.78, 5) is 12.4. The highest BCUT2D eigenvalue weighted by atomic mass is 16.2. The zero-order valence-corrected chi connectivity index (χ0v) is 11.5. The summed E-state index contributed by atoms with van der Waals surface area (Å²) in [6.07, 6.45) is 1.67. The van der Waals surface area contributed by atoms with Gasteiger partial charge in [0.05, 0.1) is 11.4 Å². The van der Waals surface area contributed by atoms with Gasteiger partial charge < -0.3 is 16.0 Å². The third-order valence-electron chi connectivity index (χ3n) is 4.22. The molecule has 0 radical (unpaired) electrons. The van der Waals surface area contributed by atoms with Crippen molar-refractivity contribution in [1.29, 1.82) is 0 Å². The predicted octanol–water partition coefficient (Wildman–Crippen LogP) is 2.30. The van der Waals surface area contributed by atoms with Gasteiger partial charge in [0.25, 0.3) is 0 Å². The molecule has 0 bridgehead atoms. The van der Waals surface area contributed by atoms with Gasteiger partial charge in [0, 0.05) is 0 Å². The van der Waals surface area contributed by atoms with Crippen molar-refractivity contribution in [3.63, 3.8) is 0 Å². The Morgan fingerprint density at radius 1 is 1.16 bits per heavy atom. The van der Waals surface area contributed by atoms with Crippen molar-refractivity contribution >= 4 is 17.3 Å². The Labute approximate surface area is 114 Å². The highest BCUT2D eigenvalue weighted by Crippen LogP contribution is 2.36. The number of rotatable bonds is 1. The number of anilines is 2. The van der Waals surface area contributed by atoms with Crippen LogP contribution in [-0.2, 0) is 4.79 Å². The number of benzene rings is 1. The van der Waals surface area contributed by atoms with E-state index in [1.807, 2.05) is 6.07 Å². The van der Waals surface area contributed by atoms with Crippen LogP contribution in [0.3, 0.4) is 0 Å². The average Bonchev–Trinajstić information content (AvgIpc) is 2.40. The number of carbonyl (C=O) groups is 1. The van der Waals surface area contributed by atoms with E-state index in [2.05, 4.69) is 41.9 Å². The molecule has 2 aliphatic rings. The fourth-order valence-electron chi connectivity index (χ4n) is 2.90. The number of fused-ring (bicyclic) bond motifs is 1. The second-order valence-corrected chi connectivity index (χ2v) is 5.87. The minimum Gasteiger partial charge on any atom is -0.369 e. The third-order valence-corrected chi connectivity index (χ3v) is 4.22. The number of amides is 1. The van der Waals surface area contributed by atoms with E-state index in [4.69, 9.17) is 0 Å². The van der Waals surface area contributed by atoms with E-state index in [0.29, 0.717) is 5.92 Å². The topological polar surface area (TPSA) is 53.2 Å². The van der Waals surface area contributed by atoms with Gasteiger partial charge >= 0.3 is 0 Å². The summed E-state index contributed by atoms with van der Waals surface area (Å²) in [5.41, 5.74) is 2.84. The maximum absolute atomic E-state index is 12.4. The van der Waals surface area contributed by atoms with E-state index in [1.165, 1.54) is 5.56 Å². The molecule has 102 valence electrons. The standard InChI is InChI=1S/C15H21N3O/c1-10(2)11-3-4-12-13(9-11)18-15(14(19)17-12)5-7-16-8-6-15/h3-4,9-10,16,18H,5-8H2,1-2H3,(H,17,19). The molecular formula is C15H21N3O. The van der Waals surface area contributed by atoms with Crippen LogP contribution >= 0.6 is 0 Å². The van der Waals surface area contributed by atoms with E-state index >= 15 is 0 Å². The highest BCUT2D eigenvalue weighted by molar-refractivity contribution is 6.06. The molecule has 1 spiro atoms. The lowest BCUT2D eigenvalue weighted by atomic mass is 9.85. The van der Waals surface area contributed by atoms with Gasteiger partial charge in [0.15, 0.2) is 0 Å². The average molecular weight is 259 g/mol. The largest absolute Gasteiger partial charge is 0.369 e. The first-order valence-corrected chi connectivity index (χ1v) is 7.05. The Morgan fingerprint density at radius 2 is 1.89 bits per heavy atom. The van der Waals surface area contributed by atoms with Crippen LogP contribution in [0.1, 0.15) is 38.2 Å². The van der Waals surface area contributed by atoms with Crippen LogP contribution in [0.2, 0.25) is 0 Å². The first kappa shape index (κ1) is 12.5. The van der Waals surface area contributed by atoms with Crippen molar-refractivity contribution in [3.8, 4) is 0 Å². The summed E-state index contributed by atoms with van der Waals surface area (Å²) in [7, 11) is 0. The molecule has 0 atom stereocenters. The van der Waals surface area contributed by atoms with Crippen molar-refractivity contribution in [3.05, 3.63) is 23.8 Å². The van der Waals surface area contributed by atoms with Crippen LogP contribution in [0.4, 0.5) is 11.4 Å². The lowest BCUT2D eigenvalue weighted by Crippen LogP contribution is -2.57. The number of hydrogen-bond donors (Lipinski definition) is 3.